The average molecular weight is 261 g/mol. The Morgan fingerprint density at radius 1 is 1.32 bits per heavy atom. The summed E-state index contributed by atoms with van der Waals surface area (Å²) in [7, 11) is 3.98. The number of benzene rings is 1. The number of carbonyl (C=O) groups excluding carboxylic acids is 1. The zero-order valence-corrected chi connectivity index (χ0v) is 12.0. The molecule has 1 aliphatic heterocycles. The topological polar surface area (TPSA) is 49.6 Å². The number of nitrogens with zero attached hydrogens (tertiary/aromatic N) is 2. The fourth-order valence-corrected chi connectivity index (χ4v) is 2.58. The lowest BCUT2D eigenvalue weighted by molar-refractivity contribution is 0.0619. The molecule has 1 amide bonds. The molecule has 2 atom stereocenters. The summed E-state index contributed by atoms with van der Waals surface area (Å²) in [4.78, 5) is 16.4. The summed E-state index contributed by atoms with van der Waals surface area (Å²) in [6.07, 6.45) is 1.79. The molecule has 0 radical (unpaired) electrons. The molecule has 4 nitrogen and oxygen atoms in total. The van der Waals surface area contributed by atoms with Gasteiger partial charge in [0.25, 0.3) is 5.91 Å². The van der Waals surface area contributed by atoms with Crippen molar-refractivity contribution in [1.29, 1.82) is 0 Å². The summed E-state index contributed by atoms with van der Waals surface area (Å²) in [5.74, 6) is 0.115. The number of nitrogens with two attached hydrogens (primary N) is 1. The van der Waals surface area contributed by atoms with Crippen LogP contribution in [-0.2, 0) is 0 Å². The van der Waals surface area contributed by atoms with Gasteiger partial charge in [0.1, 0.15) is 0 Å². The molecule has 2 unspecified atom stereocenters. The number of carbonyl (C=O) groups is 1. The lowest BCUT2D eigenvalue weighted by Crippen LogP contribution is -2.48. The molecule has 1 aromatic rings. The van der Waals surface area contributed by atoms with Gasteiger partial charge in [-0.2, -0.15) is 0 Å². The van der Waals surface area contributed by atoms with Gasteiger partial charge < -0.3 is 15.5 Å². The predicted molar refractivity (Wildman–Crippen MR) is 78.5 cm³/mol. The maximum absolute atomic E-state index is 12.5. The summed E-state index contributed by atoms with van der Waals surface area (Å²) in [5, 5.41) is 0. The molecule has 2 N–H and O–H groups in total. The van der Waals surface area contributed by atoms with Crippen LogP contribution in [0.1, 0.15) is 30.1 Å². The van der Waals surface area contributed by atoms with Gasteiger partial charge in [0.2, 0.25) is 0 Å². The summed E-state index contributed by atoms with van der Waals surface area (Å²) >= 11 is 0. The van der Waals surface area contributed by atoms with E-state index in [-0.39, 0.29) is 18.0 Å². The third kappa shape index (κ3) is 3.07. The number of likely N-dealkylation sites (tertiary alicyclic amines) is 1. The standard InChI is InChI=1S/C15H23N3O/c1-11-10-13(16)8-9-18(11)15(19)12-4-6-14(7-5-12)17(2)3/h4-7,11,13H,8-10,16H2,1-3H3. The second-order valence-corrected chi connectivity index (χ2v) is 5.57. The molecule has 2 rings (SSSR count). The van der Waals surface area contributed by atoms with Crippen LogP contribution in [0.4, 0.5) is 5.69 Å². The summed E-state index contributed by atoms with van der Waals surface area (Å²) in [6, 6.07) is 8.22. The molecule has 0 aliphatic carbocycles. The van der Waals surface area contributed by atoms with Crippen LogP contribution < -0.4 is 10.6 Å². The molecule has 0 aromatic heterocycles. The van der Waals surface area contributed by atoms with Crippen LogP contribution in [0.25, 0.3) is 0 Å². The van der Waals surface area contributed by atoms with Crippen LogP contribution in [-0.4, -0.2) is 43.5 Å². The maximum Gasteiger partial charge on any atom is 0.254 e. The van der Waals surface area contributed by atoms with Crippen molar-refractivity contribution in [2.75, 3.05) is 25.5 Å². The Morgan fingerprint density at radius 3 is 2.47 bits per heavy atom. The maximum atomic E-state index is 12.5. The van der Waals surface area contributed by atoms with Crippen LogP contribution in [0.5, 0.6) is 0 Å². The van der Waals surface area contributed by atoms with E-state index in [0.29, 0.717) is 0 Å². The Bertz CT molecular complexity index is 441. The van der Waals surface area contributed by atoms with Crippen molar-refractivity contribution in [3.63, 3.8) is 0 Å². The van der Waals surface area contributed by atoms with Crippen molar-refractivity contribution in [2.45, 2.75) is 31.8 Å². The SMILES string of the molecule is CC1CC(N)CCN1C(=O)c1ccc(N(C)C)cc1. The molecule has 4 heteroatoms. The van der Waals surface area contributed by atoms with Crippen LogP contribution in [0.15, 0.2) is 24.3 Å². The van der Waals surface area contributed by atoms with E-state index in [1.54, 1.807) is 0 Å². The number of anilines is 1. The van der Waals surface area contributed by atoms with Gasteiger partial charge in [0, 0.05) is 44.0 Å². The molecule has 1 saturated heterocycles. The number of hydrogen-bond donors (Lipinski definition) is 1. The Morgan fingerprint density at radius 2 is 1.95 bits per heavy atom. The van der Waals surface area contributed by atoms with Crippen molar-refractivity contribution in [3.05, 3.63) is 29.8 Å². The third-order valence-corrected chi connectivity index (χ3v) is 3.81. The lowest BCUT2D eigenvalue weighted by atomic mass is 9.98. The first-order valence-electron chi connectivity index (χ1n) is 6.83. The minimum Gasteiger partial charge on any atom is -0.378 e. The van der Waals surface area contributed by atoms with Crippen molar-refractivity contribution in [2.24, 2.45) is 5.73 Å². The molecule has 1 aromatic carbocycles. The van der Waals surface area contributed by atoms with Gasteiger partial charge >= 0.3 is 0 Å². The number of piperidine rings is 1. The zero-order chi connectivity index (χ0) is 14.0. The van der Waals surface area contributed by atoms with Crippen LogP contribution in [0.2, 0.25) is 0 Å². The van der Waals surface area contributed by atoms with Gasteiger partial charge in [0.05, 0.1) is 0 Å². The van der Waals surface area contributed by atoms with Crippen LogP contribution in [0.3, 0.4) is 0 Å². The molecule has 1 heterocycles. The summed E-state index contributed by atoms with van der Waals surface area (Å²) in [6.45, 7) is 2.84. The number of hydrogen-bond acceptors (Lipinski definition) is 3. The second-order valence-electron chi connectivity index (χ2n) is 5.57. The molecule has 0 bridgehead atoms. The highest BCUT2D eigenvalue weighted by Crippen LogP contribution is 2.20. The fourth-order valence-electron chi connectivity index (χ4n) is 2.58. The van der Waals surface area contributed by atoms with E-state index in [4.69, 9.17) is 5.73 Å². The van der Waals surface area contributed by atoms with E-state index in [0.717, 1.165) is 30.6 Å². The monoisotopic (exact) mass is 261 g/mol. The first-order chi connectivity index (χ1) is 8.99. The van der Waals surface area contributed by atoms with Gasteiger partial charge in [-0.3, -0.25) is 4.79 Å². The quantitative estimate of drug-likeness (QED) is 0.881. The van der Waals surface area contributed by atoms with E-state index >= 15 is 0 Å². The van der Waals surface area contributed by atoms with E-state index < -0.39 is 0 Å². The molecule has 1 fully saturated rings. The highest BCUT2D eigenvalue weighted by molar-refractivity contribution is 5.94. The third-order valence-electron chi connectivity index (χ3n) is 3.81. The highest BCUT2D eigenvalue weighted by atomic mass is 16.2. The minimum absolute atomic E-state index is 0.115. The fraction of sp³-hybridized carbons (Fsp3) is 0.533. The van der Waals surface area contributed by atoms with Gasteiger partial charge in [-0.25, -0.2) is 0 Å². The van der Waals surface area contributed by atoms with E-state index in [1.165, 1.54) is 0 Å². The largest absolute Gasteiger partial charge is 0.378 e. The number of rotatable bonds is 2. The Labute approximate surface area is 115 Å². The predicted octanol–water partition coefficient (Wildman–Crippen LogP) is 1.70. The van der Waals surface area contributed by atoms with E-state index in [9.17, 15) is 4.79 Å². The Kier molecular flexibility index (Phi) is 4.10. The molecule has 19 heavy (non-hydrogen) atoms. The van der Waals surface area contributed by atoms with Crippen molar-refractivity contribution in [3.8, 4) is 0 Å². The van der Waals surface area contributed by atoms with E-state index in [1.807, 2.05) is 48.2 Å². The average Bonchev–Trinajstić information content (AvgIpc) is 2.38. The molecule has 1 aliphatic rings. The van der Waals surface area contributed by atoms with Gasteiger partial charge in [-0.1, -0.05) is 0 Å². The lowest BCUT2D eigenvalue weighted by Gasteiger charge is -2.36. The van der Waals surface area contributed by atoms with Crippen molar-refractivity contribution < 1.29 is 4.79 Å². The first-order valence-corrected chi connectivity index (χ1v) is 6.83. The molecule has 0 spiro atoms. The van der Waals surface area contributed by atoms with Crippen molar-refractivity contribution in [1.82, 2.24) is 4.90 Å². The minimum atomic E-state index is 0.115. The summed E-state index contributed by atoms with van der Waals surface area (Å²) in [5.41, 5.74) is 7.80. The van der Waals surface area contributed by atoms with Gasteiger partial charge in [-0.15, -0.1) is 0 Å². The van der Waals surface area contributed by atoms with Crippen molar-refractivity contribution >= 4 is 11.6 Å². The molecule has 0 saturated carbocycles. The van der Waals surface area contributed by atoms with Gasteiger partial charge in [0.15, 0.2) is 0 Å². The zero-order valence-electron chi connectivity index (χ0n) is 12.0. The molecular formula is C15H23N3O. The summed E-state index contributed by atoms with van der Waals surface area (Å²) < 4.78 is 0. The molecular weight excluding hydrogens is 238 g/mol. The highest BCUT2D eigenvalue weighted by Gasteiger charge is 2.27. The van der Waals surface area contributed by atoms with Crippen LogP contribution >= 0.6 is 0 Å². The molecule has 104 valence electrons. The Balaban J connectivity index is 2.11. The van der Waals surface area contributed by atoms with Crippen LogP contribution in [0, 0.1) is 0 Å². The smallest absolute Gasteiger partial charge is 0.254 e. The Hall–Kier alpha value is -1.55. The first kappa shape index (κ1) is 13.9. The van der Waals surface area contributed by atoms with Gasteiger partial charge in [-0.05, 0) is 44.0 Å². The normalized spacial score (nSPS) is 23.3. The number of amides is 1. The van der Waals surface area contributed by atoms with E-state index in [2.05, 4.69) is 6.92 Å². The second kappa shape index (κ2) is 5.61.